The maximum atomic E-state index is 9.14. The van der Waals surface area contributed by atoms with Gasteiger partial charge in [0, 0.05) is 0 Å². The largest absolute Gasteiger partial charge is 0.465 e. The summed E-state index contributed by atoms with van der Waals surface area (Å²) in [7, 11) is 0. The Morgan fingerprint density at radius 2 is 2.50 bits per heavy atom. The Balaban J connectivity index is 2.82. The van der Waals surface area contributed by atoms with Crippen LogP contribution >= 0.6 is 27.5 Å². The van der Waals surface area contributed by atoms with Gasteiger partial charge < -0.3 is 9.52 Å². The van der Waals surface area contributed by atoms with E-state index in [2.05, 4.69) is 15.9 Å². The zero-order valence-corrected chi connectivity index (χ0v) is 7.39. The quantitative estimate of drug-likeness (QED) is 0.784. The van der Waals surface area contributed by atoms with Gasteiger partial charge >= 0.3 is 0 Å². The lowest BCUT2D eigenvalue weighted by molar-refractivity contribution is 0.171. The average Bonchev–Trinajstić information content (AvgIpc) is 2.34. The van der Waals surface area contributed by atoms with Crippen LogP contribution in [0.2, 0.25) is 0 Å². The van der Waals surface area contributed by atoms with Crippen LogP contribution in [0.3, 0.4) is 0 Å². The number of aliphatic hydroxyl groups is 1. The molecule has 0 spiro atoms. The topological polar surface area (TPSA) is 33.4 Å². The van der Waals surface area contributed by atoms with Gasteiger partial charge in [-0.25, -0.2) is 0 Å². The van der Waals surface area contributed by atoms with Crippen LogP contribution in [0.5, 0.6) is 0 Å². The zero-order chi connectivity index (χ0) is 7.56. The van der Waals surface area contributed by atoms with Crippen molar-refractivity contribution in [2.24, 2.45) is 0 Å². The predicted octanol–water partition coefficient (Wildman–Crippen LogP) is 2.31. The monoisotopic (exact) mass is 224 g/mol. The van der Waals surface area contributed by atoms with Gasteiger partial charge in [-0.15, -0.1) is 11.6 Å². The summed E-state index contributed by atoms with van der Waals surface area (Å²) in [4.78, 5) is 0. The second-order valence-electron chi connectivity index (χ2n) is 1.80. The fourth-order valence-corrected chi connectivity index (χ4v) is 1.22. The van der Waals surface area contributed by atoms with Crippen molar-refractivity contribution in [1.29, 1.82) is 0 Å². The van der Waals surface area contributed by atoms with E-state index in [1.807, 2.05) is 0 Å². The fraction of sp³-hybridized carbons (Fsp3) is 0.333. The lowest BCUT2D eigenvalue weighted by atomic mass is 10.3. The molecule has 1 aromatic heterocycles. The van der Waals surface area contributed by atoms with E-state index in [1.54, 1.807) is 6.07 Å². The third-order valence-electron chi connectivity index (χ3n) is 1.09. The maximum Gasteiger partial charge on any atom is 0.147 e. The van der Waals surface area contributed by atoms with E-state index >= 15 is 0 Å². The third kappa shape index (κ3) is 1.54. The Labute approximate surface area is 71.9 Å². The van der Waals surface area contributed by atoms with E-state index < -0.39 is 6.10 Å². The van der Waals surface area contributed by atoms with Crippen molar-refractivity contribution in [2.75, 3.05) is 5.88 Å². The van der Waals surface area contributed by atoms with E-state index in [1.165, 1.54) is 6.26 Å². The molecule has 0 aromatic carbocycles. The van der Waals surface area contributed by atoms with Crippen molar-refractivity contribution >= 4 is 27.5 Å². The van der Waals surface area contributed by atoms with Crippen molar-refractivity contribution in [3.8, 4) is 0 Å². The molecule has 1 rings (SSSR count). The minimum atomic E-state index is -0.717. The summed E-state index contributed by atoms with van der Waals surface area (Å²) in [6.45, 7) is 0. The highest BCUT2D eigenvalue weighted by atomic mass is 79.9. The molecule has 0 radical (unpaired) electrons. The Morgan fingerprint density at radius 1 is 1.80 bits per heavy atom. The van der Waals surface area contributed by atoms with Crippen LogP contribution in [-0.2, 0) is 0 Å². The highest BCUT2D eigenvalue weighted by Crippen LogP contribution is 2.24. The molecule has 1 aromatic rings. The number of hydrogen-bond acceptors (Lipinski definition) is 2. The van der Waals surface area contributed by atoms with Gasteiger partial charge in [-0.1, -0.05) is 0 Å². The lowest BCUT2D eigenvalue weighted by Crippen LogP contribution is -1.96. The van der Waals surface area contributed by atoms with Gasteiger partial charge in [0.1, 0.15) is 11.9 Å². The van der Waals surface area contributed by atoms with E-state index in [-0.39, 0.29) is 5.88 Å². The smallest absolute Gasteiger partial charge is 0.147 e. The fourth-order valence-electron chi connectivity index (χ4n) is 0.613. The molecular weight excluding hydrogens is 219 g/mol. The molecule has 56 valence electrons. The van der Waals surface area contributed by atoms with Crippen molar-refractivity contribution < 1.29 is 9.52 Å². The molecule has 0 unspecified atom stereocenters. The Kier molecular flexibility index (Phi) is 2.77. The van der Waals surface area contributed by atoms with E-state index in [9.17, 15) is 0 Å². The van der Waals surface area contributed by atoms with E-state index in [0.29, 0.717) is 5.76 Å². The molecule has 0 aliphatic heterocycles. The number of furan rings is 1. The molecule has 10 heavy (non-hydrogen) atoms. The number of hydrogen-bond donors (Lipinski definition) is 1. The Hall–Kier alpha value is 0.01000. The highest BCUT2D eigenvalue weighted by Gasteiger charge is 2.12. The normalized spacial score (nSPS) is 13.5. The van der Waals surface area contributed by atoms with Gasteiger partial charge in [0.05, 0.1) is 16.6 Å². The SMILES string of the molecule is O[C@@H](CCl)c1occc1Br. The summed E-state index contributed by atoms with van der Waals surface area (Å²) >= 11 is 8.58. The summed E-state index contributed by atoms with van der Waals surface area (Å²) in [5, 5.41) is 9.14. The van der Waals surface area contributed by atoms with Crippen LogP contribution in [0.1, 0.15) is 11.9 Å². The minimum Gasteiger partial charge on any atom is -0.465 e. The van der Waals surface area contributed by atoms with Crippen LogP contribution in [0.15, 0.2) is 21.2 Å². The van der Waals surface area contributed by atoms with Crippen LogP contribution in [0, 0.1) is 0 Å². The number of rotatable bonds is 2. The minimum absolute atomic E-state index is 0.145. The van der Waals surface area contributed by atoms with Gasteiger partial charge in [0.25, 0.3) is 0 Å². The van der Waals surface area contributed by atoms with Crippen molar-refractivity contribution in [1.82, 2.24) is 0 Å². The van der Waals surface area contributed by atoms with Gasteiger partial charge in [-0.05, 0) is 22.0 Å². The van der Waals surface area contributed by atoms with Crippen LogP contribution in [0.4, 0.5) is 0 Å². The molecule has 0 saturated carbocycles. The predicted molar refractivity (Wildman–Crippen MR) is 42.1 cm³/mol. The standard InChI is InChI=1S/C6H6BrClO2/c7-4-1-2-10-6(4)5(9)3-8/h1-2,5,9H,3H2/t5-/m0/s1. The molecule has 4 heteroatoms. The van der Waals surface area contributed by atoms with Crippen molar-refractivity contribution in [3.05, 3.63) is 22.6 Å². The van der Waals surface area contributed by atoms with E-state index in [4.69, 9.17) is 21.1 Å². The molecule has 2 nitrogen and oxygen atoms in total. The summed E-state index contributed by atoms with van der Waals surface area (Å²) in [6, 6.07) is 1.71. The highest BCUT2D eigenvalue weighted by molar-refractivity contribution is 9.10. The first kappa shape index (κ1) is 8.11. The third-order valence-corrected chi connectivity index (χ3v) is 2.04. The first-order valence-electron chi connectivity index (χ1n) is 2.72. The number of halogens is 2. The van der Waals surface area contributed by atoms with Crippen LogP contribution < -0.4 is 0 Å². The summed E-state index contributed by atoms with van der Waals surface area (Å²) in [5.74, 6) is 0.626. The molecular formula is C6H6BrClO2. The van der Waals surface area contributed by atoms with E-state index in [0.717, 1.165) is 4.47 Å². The molecule has 0 bridgehead atoms. The molecule has 0 fully saturated rings. The molecule has 1 heterocycles. The number of alkyl halides is 1. The van der Waals surface area contributed by atoms with Crippen LogP contribution in [-0.4, -0.2) is 11.0 Å². The molecule has 0 aliphatic carbocycles. The number of aliphatic hydroxyl groups excluding tert-OH is 1. The summed E-state index contributed by atoms with van der Waals surface area (Å²) < 4.78 is 5.69. The van der Waals surface area contributed by atoms with Crippen molar-refractivity contribution in [3.63, 3.8) is 0 Å². The van der Waals surface area contributed by atoms with Gasteiger partial charge in [0.2, 0.25) is 0 Å². The Morgan fingerprint density at radius 3 is 2.90 bits per heavy atom. The molecule has 0 saturated heterocycles. The second-order valence-corrected chi connectivity index (χ2v) is 2.97. The lowest BCUT2D eigenvalue weighted by Gasteiger charge is -2.01. The summed E-state index contributed by atoms with van der Waals surface area (Å²) in [5.41, 5.74) is 0. The second kappa shape index (κ2) is 3.42. The Bertz CT molecular complexity index is 211. The van der Waals surface area contributed by atoms with Gasteiger partial charge in [-0.3, -0.25) is 0 Å². The van der Waals surface area contributed by atoms with Crippen LogP contribution in [0.25, 0.3) is 0 Å². The van der Waals surface area contributed by atoms with Gasteiger partial charge in [0.15, 0.2) is 0 Å². The molecule has 1 atom stereocenters. The van der Waals surface area contributed by atoms with Crippen molar-refractivity contribution in [2.45, 2.75) is 6.10 Å². The molecule has 0 amide bonds. The van der Waals surface area contributed by atoms with Gasteiger partial charge in [-0.2, -0.15) is 0 Å². The maximum absolute atomic E-state index is 9.14. The molecule has 1 N–H and O–H groups in total. The molecule has 0 aliphatic rings. The first-order valence-corrected chi connectivity index (χ1v) is 4.05. The summed E-state index contributed by atoms with van der Waals surface area (Å²) in [6.07, 6.45) is 0.779. The zero-order valence-electron chi connectivity index (χ0n) is 5.05. The average molecular weight is 225 g/mol. The first-order chi connectivity index (χ1) is 4.75.